The van der Waals surface area contributed by atoms with Gasteiger partial charge in [0, 0.05) is 24.8 Å². The van der Waals surface area contributed by atoms with Crippen LogP contribution in [-0.2, 0) is 37.0 Å². The molecule has 3 aromatic rings. The number of aliphatic carboxylic acids is 3. The van der Waals surface area contributed by atoms with Crippen molar-refractivity contribution in [2.75, 3.05) is 25.3 Å². The summed E-state index contributed by atoms with van der Waals surface area (Å²) in [7, 11) is 1.72. The average molecular weight is 689 g/mol. The van der Waals surface area contributed by atoms with Gasteiger partial charge in [0.1, 0.15) is 33.5 Å². The Morgan fingerprint density at radius 3 is 2.09 bits per heavy atom. The smallest absolute Gasteiger partial charge is 0.423 e. The van der Waals surface area contributed by atoms with Crippen LogP contribution in [0, 0.1) is 9.20 Å². The third-order valence-corrected chi connectivity index (χ3v) is 9.35. The molecule has 0 radical (unpaired) electrons. The molecule has 0 saturated carbocycles. The first-order valence-corrected chi connectivity index (χ1v) is 14.8. The average Bonchev–Trinajstić information content (AvgIpc) is 3.79. The van der Waals surface area contributed by atoms with Crippen molar-refractivity contribution in [2.45, 2.75) is 20.0 Å². The number of cyclic esters (lactones) is 1. The normalized spacial score (nSPS) is 18.4. The Hall–Kier alpha value is -5.89. The van der Waals surface area contributed by atoms with Gasteiger partial charge in [0.25, 0.3) is 11.1 Å². The lowest BCUT2D eigenvalue weighted by Gasteiger charge is -2.12. The summed E-state index contributed by atoms with van der Waals surface area (Å²) in [6.45, 7) is -1.25. The van der Waals surface area contributed by atoms with Crippen LogP contribution < -0.4 is 39.4 Å². The maximum atomic E-state index is 13.6. The van der Waals surface area contributed by atoms with E-state index in [0.29, 0.717) is 50.3 Å². The zero-order valence-corrected chi connectivity index (χ0v) is 25.6. The fourth-order valence-corrected chi connectivity index (χ4v) is 7.30. The highest BCUT2D eigenvalue weighted by molar-refractivity contribution is 7.11. The number of carbonyl (C=O) groups excluding carboxylic acids is 2. The predicted molar refractivity (Wildman–Crippen MR) is 157 cm³/mol. The Morgan fingerprint density at radius 2 is 1.45 bits per heavy atom. The summed E-state index contributed by atoms with van der Waals surface area (Å²) in [5.41, 5.74) is -0.743. The molecule has 1 fully saturated rings. The van der Waals surface area contributed by atoms with Crippen molar-refractivity contribution in [3.63, 3.8) is 0 Å². The van der Waals surface area contributed by atoms with Crippen LogP contribution in [0.5, 0.6) is 17.2 Å². The predicted octanol–water partition coefficient (Wildman–Crippen LogP) is -0.970. The molecule has 47 heavy (non-hydrogen) atoms. The first kappa shape index (κ1) is 31.1. The number of fused-ring (bicyclic) bond motifs is 2. The molecule has 3 aliphatic heterocycles. The van der Waals surface area contributed by atoms with Gasteiger partial charge < -0.3 is 39.2 Å². The van der Waals surface area contributed by atoms with Crippen LogP contribution in [-0.4, -0.2) is 79.6 Å². The summed E-state index contributed by atoms with van der Waals surface area (Å²) in [5.74, 6) is -4.73. The number of amides is 2. The summed E-state index contributed by atoms with van der Waals surface area (Å²) in [6.07, 6.45) is 0.0696. The van der Waals surface area contributed by atoms with Crippen molar-refractivity contribution in [1.82, 2.24) is 14.0 Å². The molecular weight excluding hydrogens is 668 g/mol. The van der Waals surface area contributed by atoms with Crippen LogP contribution in [0.15, 0.2) is 33.2 Å². The number of nitrogens with zero attached hydrogens (tertiary/aromatic N) is 4. The monoisotopic (exact) mass is 688 g/mol. The fraction of sp³-hybridized carbons (Fsp3) is 0.222. The lowest BCUT2D eigenvalue weighted by atomic mass is 10.2. The molecule has 20 heteroatoms. The van der Waals surface area contributed by atoms with Crippen molar-refractivity contribution in [1.29, 1.82) is 0 Å². The van der Waals surface area contributed by atoms with Gasteiger partial charge in [-0.2, -0.15) is 0 Å². The van der Waals surface area contributed by atoms with Crippen molar-refractivity contribution >= 4 is 70.1 Å². The van der Waals surface area contributed by atoms with E-state index >= 15 is 0 Å². The SMILES string of the molecule is C/C(C=c1s/c(=c2/s/c(=C3/OC(=O)N(CC(=O)O)C3=O)n(CC(=O)O)c2=O)n(CC(=O)O)c1=O)=C1\Oc2cc3c(cc2N1C)OCO3. The van der Waals surface area contributed by atoms with Crippen molar-refractivity contribution in [3.8, 4) is 17.2 Å². The second kappa shape index (κ2) is 11.5. The molecule has 18 nitrogen and oxygen atoms in total. The number of allylic oxidation sites excluding steroid dienone is 1. The van der Waals surface area contributed by atoms with Crippen LogP contribution >= 0.6 is 22.7 Å². The van der Waals surface area contributed by atoms with Gasteiger partial charge in [-0.1, -0.05) is 0 Å². The zero-order chi connectivity index (χ0) is 33.9. The molecule has 0 bridgehead atoms. The molecule has 2 amide bonds. The van der Waals surface area contributed by atoms with Gasteiger partial charge in [-0.25, -0.2) is 9.69 Å². The molecule has 3 aliphatic rings. The quantitative estimate of drug-likeness (QED) is 0.271. The van der Waals surface area contributed by atoms with E-state index in [0.717, 1.165) is 15.9 Å². The van der Waals surface area contributed by atoms with Gasteiger partial charge in [-0.3, -0.25) is 37.9 Å². The van der Waals surface area contributed by atoms with E-state index in [1.54, 1.807) is 31.0 Å². The van der Waals surface area contributed by atoms with Gasteiger partial charge in [-0.15, -0.1) is 22.7 Å². The molecule has 0 atom stereocenters. The van der Waals surface area contributed by atoms with Gasteiger partial charge in [0.2, 0.25) is 18.4 Å². The standard InChI is InChI=1S/C27H20N4O14S2/c1-10(24-28(2)11-4-13-14(43-9-42-13)5-12(11)44-24)3-15-21(38)29(6-16(32)33)26(46-15)20-23(40)30(7-17(34)35)25(47-20)19-22(39)31(8-18(36)37)27(41)45-19/h3-5H,6-9H2,1-2H3,(H,32,33)(H,34,35)(H,36,37)/b15-3?,24-10+,25-19+,26-20+. The molecule has 6 rings (SSSR count). The van der Waals surface area contributed by atoms with E-state index in [-0.39, 0.29) is 25.4 Å². The number of hydrogen-bond donors (Lipinski definition) is 3. The molecule has 3 N–H and O–H groups in total. The number of carbonyl (C=O) groups is 5. The molecule has 0 unspecified atom stereocenters. The molecule has 0 aliphatic carbocycles. The van der Waals surface area contributed by atoms with Crippen LogP contribution in [0.4, 0.5) is 10.5 Å². The molecule has 2 aromatic heterocycles. The molecule has 244 valence electrons. The van der Waals surface area contributed by atoms with Gasteiger partial charge in [-0.05, 0) is 13.0 Å². The topological polar surface area (TPSA) is 233 Å². The summed E-state index contributed by atoms with van der Waals surface area (Å²) in [4.78, 5) is 88.8. The van der Waals surface area contributed by atoms with E-state index in [1.807, 2.05) is 0 Å². The third kappa shape index (κ3) is 5.37. The maximum absolute atomic E-state index is 13.6. The number of anilines is 1. The largest absolute Gasteiger partial charge is 0.480 e. The molecular formula is C27H20N4O14S2. The first-order valence-electron chi connectivity index (χ1n) is 13.2. The Labute approximate surface area is 267 Å². The van der Waals surface area contributed by atoms with E-state index < -0.39 is 71.1 Å². The van der Waals surface area contributed by atoms with Crippen LogP contribution in [0.1, 0.15) is 6.92 Å². The summed E-state index contributed by atoms with van der Waals surface area (Å²) < 4.78 is 22.2. The van der Waals surface area contributed by atoms with Crippen molar-refractivity contribution in [2.24, 2.45) is 0 Å². The number of aromatic nitrogens is 2. The first-order chi connectivity index (χ1) is 22.2. The van der Waals surface area contributed by atoms with Gasteiger partial charge in [0.05, 0.1) is 10.2 Å². The van der Waals surface area contributed by atoms with Crippen LogP contribution in [0.2, 0.25) is 0 Å². The summed E-state index contributed by atoms with van der Waals surface area (Å²) in [5, 5.41) is 28.1. The van der Waals surface area contributed by atoms with Crippen molar-refractivity contribution in [3.05, 3.63) is 62.7 Å². The van der Waals surface area contributed by atoms with E-state index in [2.05, 4.69) is 0 Å². The molecule has 1 aromatic carbocycles. The number of benzene rings is 1. The number of carboxylic acids is 3. The van der Waals surface area contributed by atoms with E-state index in [4.69, 9.17) is 24.1 Å². The highest BCUT2D eigenvalue weighted by Crippen LogP contribution is 2.47. The van der Waals surface area contributed by atoms with Gasteiger partial charge >= 0.3 is 29.9 Å². The Bertz CT molecular complexity index is 2330. The van der Waals surface area contributed by atoms with Crippen LogP contribution in [0.25, 0.3) is 11.8 Å². The van der Waals surface area contributed by atoms with Gasteiger partial charge in [0.15, 0.2) is 17.2 Å². The minimum absolute atomic E-state index is 0.0174. The number of ether oxygens (including phenoxy) is 4. The molecule has 1 saturated heterocycles. The third-order valence-electron chi connectivity index (χ3n) is 6.92. The lowest BCUT2D eigenvalue weighted by molar-refractivity contribution is -0.140. The zero-order valence-electron chi connectivity index (χ0n) is 24.0. The molecule has 5 heterocycles. The number of imide groups is 1. The Balaban J connectivity index is 1.58. The fourth-order valence-electron chi connectivity index (χ4n) is 4.90. The number of hydrogen-bond acceptors (Lipinski definition) is 14. The van der Waals surface area contributed by atoms with Crippen molar-refractivity contribution < 1.29 is 58.2 Å². The van der Waals surface area contributed by atoms with Crippen LogP contribution in [0.3, 0.4) is 0 Å². The number of rotatable bonds is 7. The van der Waals surface area contributed by atoms with E-state index in [1.165, 1.54) is 6.08 Å². The minimum atomic E-state index is -1.54. The second-order valence-electron chi connectivity index (χ2n) is 10.0. The Morgan fingerprint density at radius 1 is 0.830 bits per heavy atom. The number of thiazole rings is 2. The summed E-state index contributed by atoms with van der Waals surface area (Å²) >= 11 is 1.19. The second-order valence-corrected chi connectivity index (χ2v) is 12.1. The van der Waals surface area contributed by atoms with E-state index in [9.17, 15) is 43.8 Å². The number of carboxylic acid groups (broad SMARTS) is 3. The minimum Gasteiger partial charge on any atom is -0.480 e. The highest BCUT2D eigenvalue weighted by atomic mass is 32.1. The maximum Gasteiger partial charge on any atom is 0.423 e. The molecule has 0 spiro atoms. The lowest BCUT2D eigenvalue weighted by Crippen LogP contribution is -2.35. The Kier molecular flexibility index (Phi) is 7.60. The summed E-state index contributed by atoms with van der Waals surface area (Å²) in [6, 6.07) is 3.38. The highest BCUT2D eigenvalue weighted by Gasteiger charge is 2.40.